The lowest BCUT2D eigenvalue weighted by Gasteiger charge is -2.12. The van der Waals surface area contributed by atoms with Crippen LogP contribution in [0.3, 0.4) is 0 Å². The molecule has 0 atom stereocenters. The van der Waals surface area contributed by atoms with Gasteiger partial charge in [0.1, 0.15) is 22.0 Å². The Morgan fingerprint density at radius 2 is 2.08 bits per heavy atom. The van der Waals surface area contributed by atoms with E-state index in [2.05, 4.69) is 10.3 Å². The molecule has 1 amide bonds. The van der Waals surface area contributed by atoms with Crippen LogP contribution in [0.2, 0.25) is 5.02 Å². The molecule has 0 radical (unpaired) electrons. The molecule has 8 heteroatoms. The van der Waals surface area contributed by atoms with Crippen LogP contribution in [0.5, 0.6) is 5.75 Å². The Morgan fingerprint density at radius 3 is 2.85 bits per heavy atom. The van der Waals surface area contributed by atoms with Gasteiger partial charge >= 0.3 is 0 Å². The smallest absolute Gasteiger partial charge is 0.265 e. The predicted octanol–water partition coefficient (Wildman–Crippen LogP) is 4.22. The number of hydrogen-bond donors (Lipinski definition) is 3. The molecule has 1 aromatic carbocycles. The lowest BCUT2D eigenvalue weighted by atomic mass is 9.96. The van der Waals surface area contributed by atoms with Crippen molar-refractivity contribution >= 4 is 44.7 Å². The summed E-state index contributed by atoms with van der Waals surface area (Å²) in [5, 5.41) is 13.5. The second-order valence-electron chi connectivity index (χ2n) is 6.18. The van der Waals surface area contributed by atoms with Crippen LogP contribution in [0.4, 0.5) is 10.1 Å². The summed E-state index contributed by atoms with van der Waals surface area (Å²) in [6.07, 6.45) is 3.80. The Hall–Kier alpha value is -2.38. The first-order valence-corrected chi connectivity index (χ1v) is 9.31. The van der Waals surface area contributed by atoms with E-state index < -0.39 is 17.3 Å². The van der Waals surface area contributed by atoms with Crippen molar-refractivity contribution in [3.05, 3.63) is 55.4 Å². The Labute approximate surface area is 156 Å². The molecule has 26 heavy (non-hydrogen) atoms. The van der Waals surface area contributed by atoms with Gasteiger partial charge in [0, 0.05) is 10.6 Å². The zero-order valence-corrected chi connectivity index (χ0v) is 15.1. The Kier molecular flexibility index (Phi) is 4.20. The van der Waals surface area contributed by atoms with Crippen LogP contribution in [0.15, 0.2) is 23.0 Å². The van der Waals surface area contributed by atoms with E-state index in [0.717, 1.165) is 42.2 Å². The van der Waals surface area contributed by atoms with Gasteiger partial charge in [-0.2, -0.15) is 0 Å². The molecule has 1 aliphatic rings. The number of H-pyrrole nitrogens is 1. The lowest BCUT2D eigenvalue weighted by molar-refractivity contribution is 0.102. The van der Waals surface area contributed by atoms with Gasteiger partial charge < -0.3 is 15.4 Å². The van der Waals surface area contributed by atoms with Gasteiger partial charge in [-0.1, -0.05) is 11.6 Å². The summed E-state index contributed by atoms with van der Waals surface area (Å²) in [7, 11) is 0. The third kappa shape index (κ3) is 2.77. The van der Waals surface area contributed by atoms with Gasteiger partial charge in [0.15, 0.2) is 0 Å². The number of thiophene rings is 1. The van der Waals surface area contributed by atoms with Crippen LogP contribution in [0, 0.1) is 5.82 Å². The predicted molar refractivity (Wildman–Crippen MR) is 100 cm³/mol. The number of benzene rings is 1. The van der Waals surface area contributed by atoms with Gasteiger partial charge in [-0.15, -0.1) is 11.3 Å². The van der Waals surface area contributed by atoms with Crippen LogP contribution < -0.4 is 10.9 Å². The number of fused-ring (bicyclic) bond motifs is 3. The van der Waals surface area contributed by atoms with Crippen molar-refractivity contribution in [2.75, 3.05) is 5.32 Å². The first-order valence-electron chi connectivity index (χ1n) is 8.11. The summed E-state index contributed by atoms with van der Waals surface area (Å²) >= 11 is 7.16. The van der Waals surface area contributed by atoms with Crippen LogP contribution in [-0.4, -0.2) is 16.0 Å². The van der Waals surface area contributed by atoms with E-state index in [0.29, 0.717) is 10.2 Å². The van der Waals surface area contributed by atoms with Crippen molar-refractivity contribution in [3.63, 3.8) is 0 Å². The Bertz CT molecular complexity index is 1110. The highest BCUT2D eigenvalue weighted by Gasteiger charge is 2.25. The molecule has 0 bridgehead atoms. The highest BCUT2D eigenvalue weighted by atomic mass is 35.5. The number of aryl methyl sites for hydroxylation is 2. The lowest BCUT2D eigenvalue weighted by Crippen LogP contribution is -2.23. The number of aromatic amines is 1. The maximum Gasteiger partial charge on any atom is 0.265 e. The number of carbonyl (C=O) groups excluding carboxylic acids is 1. The number of aromatic hydroxyl groups is 1. The normalized spacial score (nSPS) is 13.6. The van der Waals surface area contributed by atoms with E-state index in [-0.39, 0.29) is 22.0 Å². The molecule has 2 aromatic heterocycles. The molecule has 0 unspecified atom stereocenters. The molecule has 5 nitrogen and oxygen atoms in total. The van der Waals surface area contributed by atoms with Crippen LogP contribution in [0.25, 0.3) is 10.2 Å². The van der Waals surface area contributed by atoms with E-state index in [1.165, 1.54) is 23.5 Å². The zero-order chi connectivity index (χ0) is 18.4. The highest BCUT2D eigenvalue weighted by molar-refractivity contribution is 7.18. The summed E-state index contributed by atoms with van der Waals surface area (Å²) in [5.74, 6) is -1.70. The summed E-state index contributed by atoms with van der Waals surface area (Å²) < 4.78 is 13.2. The molecule has 3 aromatic rings. The number of rotatable bonds is 2. The van der Waals surface area contributed by atoms with Crippen molar-refractivity contribution in [2.24, 2.45) is 0 Å². The molecule has 0 saturated heterocycles. The number of anilines is 1. The first-order chi connectivity index (χ1) is 12.5. The number of halogens is 2. The standard InChI is InChI=1S/C18H14ClFN2O3S/c19-10-7-8(5-6-11(10)20)21-16(24)14-15(23)13-9-3-1-2-4-12(9)26-18(13)22-17(14)25/h5-7H,1-4H2,(H,21,24)(H2,22,23,25). The molecule has 0 aliphatic heterocycles. The fourth-order valence-corrected chi connectivity index (χ4v) is 4.75. The van der Waals surface area contributed by atoms with Crippen LogP contribution >= 0.6 is 22.9 Å². The highest BCUT2D eigenvalue weighted by Crippen LogP contribution is 2.40. The van der Waals surface area contributed by atoms with E-state index >= 15 is 0 Å². The number of nitrogens with one attached hydrogen (secondary N) is 2. The quantitative estimate of drug-likeness (QED) is 0.610. The second-order valence-corrected chi connectivity index (χ2v) is 7.69. The molecule has 3 N–H and O–H groups in total. The molecule has 0 spiro atoms. The van der Waals surface area contributed by atoms with Crippen LogP contribution in [-0.2, 0) is 12.8 Å². The van der Waals surface area contributed by atoms with Gasteiger partial charge in [-0.05, 0) is 49.4 Å². The van der Waals surface area contributed by atoms with E-state index in [9.17, 15) is 19.1 Å². The first kappa shape index (κ1) is 17.1. The van der Waals surface area contributed by atoms with Gasteiger partial charge in [0.2, 0.25) is 0 Å². The molecule has 2 heterocycles. The van der Waals surface area contributed by atoms with Crippen molar-refractivity contribution in [3.8, 4) is 5.75 Å². The summed E-state index contributed by atoms with van der Waals surface area (Å²) in [5.41, 5.74) is 0.208. The SMILES string of the molecule is O=C(Nc1ccc(F)c(Cl)c1)c1c(O)c2c3c(sc2[nH]c1=O)CCCC3. The van der Waals surface area contributed by atoms with Gasteiger partial charge in [0.25, 0.3) is 11.5 Å². The van der Waals surface area contributed by atoms with Gasteiger partial charge in [-0.3, -0.25) is 9.59 Å². The molecule has 0 fully saturated rings. The van der Waals surface area contributed by atoms with Gasteiger partial charge in [0.05, 0.1) is 10.4 Å². The molecule has 134 valence electrons. The summed E-state index contributed by atoms with van der Waals surface area (Å²) in [6, 6.07) is 3.68. The summed E-state index contributed by atoms with van der Waals surface area (Å²) in [4.78, 5) is 29.3. The second kappa shape index (κ2) is 6.41. The topological polar surface area (TPSA) is 82.2 Å². The molecule has 4 rings (SSSR count). The van der Waals surface area contributed by atoms with Crippen molar-refractivity contribution < 1.29 is 14.3 Å². The number of hydrogen-bond acceptors (Lipinski definition) is 4. The number of aromatic nitrogens is 1. The molecule has 1 aliphatic carbocycles. The van der Waals surface area contributed by atoms with Crippen molar-refractivity contribution in [2.45, 2.75) is 25.7 Å². The number of pyridine rings is 1. The minimum Gasteiger partial charge on any atom is -0.506 e. The summed E-state index contributed by atoms with van der Waals surface area (Å²) in [6.45, 7) is 0. The fraction of sp³-hybridized carbons (Fsp3) is 0.222. The third-order valence-corrected chi connectivity index (χ3v) is 6.00. The Balaban J connectivity index is 1.79. The number of carbonyl (C=O) groups is 1. The van der Waals surface area contributed by atoms with E-state index in [4.69, 9.17) is 11.6 Å². The van der Waals surface area contributed by atoms with Crippen molar-refractivity contribution in [1.29, 1.82) is 0 Å². The zero-order valence-electron chi connectivity index (χ0n) is 13.5. The maximum absolute atomic E-state index is 13.2. The maximum atomic E-state index is 13.2. The van der Waals surface area contributed by atoms with Crippen LogP contribution in [0.1, 0.15) is 33.6 Å². The van der Waals surface area contributed by atoms with Gasteiger partial charge in [-0.25, -0.2) is 4.39 Å². The third-order valence-electron chi connectivity index (χ3n) is 4.50. The largest absolute Gasteiger partial charge is 0.506 e. The average Bonchev–Trinajstić information content (AvgIpc) is 2.96. The molecular weight excluding hydrogens is 379 g/mol. The van der Waals surface area contributed by atoms with E-state index in [1.54, 1.807) is 0 Å². The van der Waals surface area contributed by atoms with E-state index in [1.807, 2.05) is 0 Å². The molecule has 0 saturated carbocycles. The number of amides is 1. The van der Waals surface area contributed by atoms with Crippen molar-refractivity contribution in [1.82, 2.24) is 4.98 Å². The monoisotopic (exact) mass is 392 g/mol. The molecular formula is C18H14ClFN2O3S. The minimum absolute atomic E-state index is 0.150. The Morgan fingerprint density at radius 1 is 1.31 bits per heavy atom. The minimum atomic E-state index is -0.774. The fourth-order valence-electron chi connectivity index (χ4n) is 3.28. The average molecular weight is 393 g/mol.